The van der Waals surface area contributed by atoms with Crippen molar-refractivity contribution in [1.29, 1.82) is 0 Å². The molecule has 10 heteroatoms. The van der Waals surface area contributed by atoms with E-state index in [1.807, 2.05) is 63.2 Å². The summed E-state index contributed by atoms with van der Waals surface area (Å²) in [5.74, 6) is 0.985. The van der Waals surface area contributed by atoms with Crippen LogP contribution in [0, 0.1) is 6.92 Å². The summed E-state index contributed by atoms with van der Waals surface area (Å²) in [7, 11) is 0. The second-order valence-corrected chi connectivity index (χ2v) is 9.81. The van der Waals surface area contributed by atoms with Crippen molar-refractivity contribution >= 4 is 34.8 Å². The van der Waals surface area contributed by atoms with Crippen LogP contribution in [0.5, 0.6) is 5.88 Å². The number of nitrogens with zero attached hydrogens (tertiary/aromatic N) is 5. The fraction of sp³-hybridized carbons (Fsp3) is 0.154. The zero-order valence-electron chi connectivity index (χ0n) is 19.5. The van der Waals surface area contributed by atoms with Gasteiger partial charge in [-0.15, -0.1) is 10.2 Å². The molecule has 0 fully saturated rings. The molecule has 0 radical (unpaired) electrons. The number of aromatic nitrogens is 5. The van der Waals surface area contributed by atoms with Gasteiger partial charge in [0.15, 0.2) is 11.3 Å². The van der Waals surface area contributed by atoms with E-state index in [4.69, 9.17) is 49.1 Å². The summed E-state index contributed by atoms with van der Waals surface area (Å²) in [6.45, 7) is 5.60. The average Bonchev–Trinajstić information content (AvgIpc) is 3.46. The number of rotatable bonds is 6. The minimum Gasteiger partial charge on any atom is -0.462 e. The van der Waals surface area contributed by atoms with Crippen LogP contribution in [0.4, 0.5) is 0 Å². The van der Waals surface area contributed by atoms with Crippen LogP contribution in [-0.2, 0) is 5.60 Å². The molecule has 7 nitrogen and oxygen atoms in total. The van der Waals surface area contributed by atoms with Crippen molar-refractivity contribution in [2.75, 3.05) is 0 Å². The molecule has 0 saturated carbocycles. The van der Waals surface area contributed by atoms with Crippen molar-refractivity contribution in [3.05, 3.63) is 93.4 Å². The Morgan fingerprint density at radius 1 is 0.917 bits per heavy atom. The highest BCUT2D eigenvalue weighted by molar-refractivity contribution is 6.35. The zero-order valence-corrected chi connectivity index (χ0v) is 21.8. The molecule has 36 heavy (non-hydrogen) atoms. The Morgan fingerprint density at radius 3 is 2.36 bits per heavy atom. The molecule has 0 spiro atoms. The van der Waals surface area contributed by atoms with Gasteiger partial charge in [0.05, 0.1) is 16.4 Å². The standard InChI is InChI=1S/C26H20Cl3N5O2/c1-15-22(24-31-32-25(35-24)26(2,3)36-21-6-4-5-13-30-21)33-34(20-12-11-18(28)14-19(20)29)23(15)16-7-9-17(27)10-8-16/h4-14H,1-3H3. The van der Waals surface area contributed by atoms with Gasteiger partial charge in [-0.1, -0.05) is 53.0 Å². The summed E-state index contributed by atoms with van der Waals surface area (Å²) in [6.07, 6.45) is 1.65. The van der Waals surface area contributed by atoms with Gasteiger partial charge < -0.3 is 9.15 Å². The molecule has 2 aromatic carbocycles. The van der Waals surface area contributed by atoms with Gasteiger partial charge in [-0.3, -0.25) is 0 Å². The third kappa shape index (κ3) is 4.69. The minimum atomic E-state index is -0.922. The van der Waals surface area contributed by atoms with E-state index >= 15 is 0 Å². The molecule has 5 rings (SSSR count). The lowest BCUT2D eigenvalue weighted by Gasteiger charge is -2.21. The second-order valence-electron chi connectivity index (χ2n) is 8.53. The van der Waals surface area contributed by atoms with Crippen molar-refractivity contribution in [3.8, 4) is 34.4 Å². The molecule has 0 bridgehead atoms. The third-order valence-corrected chi connectivity index (χ3v) is 6.31. The summed E-state index contributed by atoms with van der Waals surface area (Å²) in [6, 6.07) is 18.1. The first kappa shape index (κ1) is 24.3. The van der Waals surface area contributed by atoms with E-state index in [0.717, 1.165) is 16.8 Å². The van der Waals surface area contributed by atoms with Crippen molar-refractivity contribution < 1.29 is 9.15 Å². The van der Waals surface area contributed by atoms with Crippen LogP contribution in [0.25, 0.3) is 28.5 Å². The van der Waals surface area contributed by atoms with E-state index in [1.165, 1.54) is 0 Å². The van der Waals surface area contributed by atoms with Crippen LogP contribution in [0.1, 0.15) is 25.3 Å². The van der Waals surface area contributed by atoms with Crippen LogP contribution in [0.15, 0.2) is 71.3 Å². The molecule has 5 aromatic rings. The van der Waals surface area contributed by atoms with Gasteiger partial charge in [0.1, 0.15) is 0 Å². The SMILES string of the molecule is Cc1c(-c2nnc(C(C)(C)Oc3ccccn3)o2)nn(-c2ccc(Cl)cc2Cl)c1-c1ccc(Cl)cc1. The molecule has 0 unspecified atom stereocenters. The predicted octanol–water partition coefficient (Wildman–Crippen LogP) is 7.57. The van der Waals surface area contributed by atoms with Crippen molar-refractivity contribution in [2.45, 2.75) is 26.4 Å². The summed E-state index contributed by atoms with van der Waals surface area (Å²) < 4.78 is 13.8. The normalized spacial score (nSPS) is 11.6. The highest BCUT2D eigenvalue weighted by atomic mass is 35.5. The fourth-order valence-electron chi connectivity index (χ4n) is 3.75. The third-order valence-electron chi connectivity index (χ3n) is 5.52. The lowest BCUT2D eigenvalue weighted by atomic mass is 10.1. The number of ether oxygens (including phenoxy) is 1. The molecule has 0 aliphatic carbocycles. The van der Waals surface area contributed by atoms with Gasteiger partial charge in [-0.2, -0.15) is 5.10 Å². The van der Waals surface area contributed by atoms with Crippen LogP contribution < -0.4 is 4.74 Å². The lowest BCUT2D eigenvalue weighted by molar-refractivity contribution is 0.0715. The number of pyridine rings is 1. The molecule has 3 aromatic heterocycles. The van der Waals surface area contributed by atoms with E-state index in [9.17, 15) is 0 Å². The van der Waals surface area contributed by atoms with Crippen LogP contribution in [0.2, 0.25) is 15.1 Å². The van der Waals surface area contributed by atoms with Gasteiger partial charge in [0.2, 0.25) is 5.88 Å². The topological polar surface area (TPSA) is 78.9 Å². The first-order valence-corrected chi connectivity index (χ1v) is 12.1. The Bertz CT molecular complexity index is 1530. The fourth-order valence-corrected chi connectivity index (χ4v) is 4.36. The molecular weight excluding hydrogens is 521 g/mol. The zero-order chi connectivity index (χ0) is 25.4. The maximum Gasteiger partial charge on any atom is 0.268 e. The van der Waals surface area contributed by atoms with E-state index < -0.39 is 5.60 Å². The van der Waals surface area contributed by atoms with Crippen molar-refractivity contribution in [1.82, 2.24) is 25.0 Å². The molecule has 0 amide bonds. The highest BCUT2D eigenvalue weighted by Gasteiger charge is 2.32. The average molecular weight is 541 g/mol. The molecule has 0 aliphatic heterocycles. The van der Waals surface area contributed by atoms with Crippen LogP contribution in [-0.4, -0.2) is 25.0 Å². The maximum absolute atomic E-state index is 6.56. The van der Waals surface area contributed by atoms with Gasteiger partial charge >= 0.3 is 0 Å². The molecule has 0 aliphatic rings. The predicted molar refractivity (Wildman–Crippen MR) is 140 cm³/mol. The Labute approximate surface area is 222 Å². The monoisotopic (exact) mass is 539 g/mol. The Hall–Kier alpha value is -3.39. The Balaban J connectivity index is 1.61. The molecular formula is C26H20Cl3N5O2. The number of hydrogen-bond donors (Lipinski definition) is 0. The smallest absolute Gasteiger partial charge is 0.268 e. The van der Waals surface area contributed by atoms with E-state index in [-0.39, 0.29) is 11.8 Å². The van der Waals surface area contributed by atoms with Gasteiger partial charge in [-0.05, 0) is 57.2 Å². The number of hydrogen-bond acceptors (Lipinski definition) is 6. The second kappa shape index (κ2) is 9.58. The Kier molecular flexibility index (Phi) is 6.47. The molecule has 3 heterocycles. The first-order valence-electron chi connectivity index (χ1n) is 11.0. The van der Waals surface area contributed by atoms with E-state index in [0.29, 0.717) is 32.3 Å². The largest absolute Gasteiger partial charge is 0.462 e. The summed E-state index contributed by atoms with van der Waals surface area (Å²) in [4.78, 5) is 4.21. The first-order chi connectivity index (χ1) is 17.2. The summed E-state index contributed by atoms with van der Waals surface area (Å²) in [5.41, 5.74) is 2.75. The van der Waals surface area contributed by atoms with Crippen molar-refractivity contribution in [3.63, 3.8) is 0 Å². The maximum atomic E-state index is 6.56. The number of benzene rings is 2. The van der Waals surface area contributed by atoms with Gasteiger partial charge in [0, 0.05) is 33.4 Å². The van der Waals surface area contributed by atoms with Crippen molar-refractivity contribution in [2.24, 2.45) is 0 Å². The Morgan fingerprint density at radius 2 is 1.67 bits per heavy atom. The molecule has 0 saturated heterocycles. The quantitative estimate of drug-likeness (QED) is 0.221. The molecule has 182 valence electrons. The van der Waals surface area contributed by atoms with E-state index in [1.54, 1.807) is 29.1 Å². The van der Waals surface area contributed by atoms with Gasteiger partial charge in [-0.25, -0.2) is 9.67 Å². The summed E-state index contributed by atoms with van der Waals surface area (Å²) >= 11 is 18.8. The van der Waals surface area contributed by atoms with Crippen LogP contribution in [0.3, 0.4) is 0 Å². The molecule has 0 atom stereocenters. The number of halogens is 3. The summed E-state index contributed by atoms with van der Waals surface area (Å²) in [5, 5.41) is 15.0. The van der Waals surface area contributed by atoms with Gasteiger partial charge in [0.25, 0.3) is 11.8 Å². The molecule has 0 N–H and O–H groups in total. The van der Waals surface area contributed by atoms with E-state index in [2.05, 4.69) is 15.2 Å². The van der Waals surface area contributed by atoms with Crippen LogP contribution >= 0.6 is 34.8 Å². The highest BCUT2D eigenvalue weighted by Crippen LogP contribution is 2.37. The lowest BCUT2D eigenvalue weighted by Crippen LogP contribution is -2.26. The minimum absolute atomic E-state index is 0.249.